The van der Waals surface area contributed by atoms with Crippen molar-refractivity contribution >= 4 is 16.5 Å². The van der Waals surface area contributed by atoms with Crippen molar-refractivity contribution < 1.29 is 0 Å². The Hall–Kier alpha value is -0.570. The maximum atomic E-state index is 5.51. The third kappa shape index (κ3) is 1.93. The van der Waals surface area contributed by atoms with Crippen molar-refractivity contribution in [2.45, 2.75) is 25.7 Å². The van der Waals surface area contributed by atoms with Gasteiger partial charge in [0.05, 0.1) is 5.69 Å². The van der Waals surface area contributed by atoms with Gasteiger partial charge in [0.15, 0.2) is 5.13 Å². The maximum Gasteiger partial charge on any atom is 0.180 e. The molecule has 2 N–H and O–H groups in total. The Kier molecular flexibility index (Phi) is 1.82. The first-order valence-electron chi connectivity index (χ1n) is 4.04. The summed E-state index contributed by atoms with van der Waals surface area (Å²) in [6, 6.07) is 0. The number of hydrogen-bond acceptors (Lipinski definition) is 3. The Bertz CT molecular complexity index is 240. The van der Waals surface area contributed by atoms with Gasteiger partial charge in [0.1, 0.15) is 0 Å². The zero-order valence-corrected chi connectivity index (χ0v) is 7.23. The van der Waals surface area contributed by atoms with Gasteiger partial charge in [0.2, 0.25) is 0 Å². The van der Waals surface area contributed by atoms with Crippen molar-refractivity contribution in [1.82, 2.24) is 4.98 Å². The van der Waals surface area contributed by atoms with Crippen LogP contribution in [0.2, 0.25) is 0 Å². The molecule has 2 nitrogen and oxygen atoms in total. The smallest absolute Gasteiger partial charge is 0.180 e. The average molecular weight is 168 g/mol. The minimum absolute atomic E-state index is 0.704. The molecule has 11 heavy (non-hydrogen) atoms. The zero-order valence-electron chi connectivity index (χ0n) is 6.42. The van der Waals surface area contributed by atoms with E-state index in [0.29, 0.717) is 5.13 Å². The molecule has 2 rings (SSSR count). The van der Waals surface area contributed by atoms with Crippen LogP contribution in [-0.2, 0) is 6.42 Å². The SMILES string of the molecule is Nc1nc(CCC2CC2)cs1. The van der Waals surface area contributed by atoms with Crippen LogP contribution in [-0.4, -0.2) is 4.98 Å². The first-order valence-corrected chi connectivity index (χ1v) is 4.92. The highest BCUT2D eigenvalue weighted by molar-refractivity contribution is 7.13. The van der Waals surface area contributed by atoms with Crippen LogP contribution in [0.5, 0.6) is 0 Å². The van der Waals surface area contributed by atoms with Crippen LogP contribution in [0, 0.1) is 5.92 Å². The lowest BCUT2D eigenvalue weighted by molar-refractivity contribution is 0.717. The van der Waals surface area contributed by atoms with Gasteiger partial charge in [-0.25, -0.2) is 4.98 Å². The Balaban J connectivity index is 1.85. The Morgan fingerprint density at radius 1 is 1.64 bits per heavy atom. The average Bonchev–Trinajstić information content (AvgIpc) is 2.72. The highest BCUT2D eigenvalue weighted by Crippen LogP contribution is 2.33. The summed E-state index contributed by atoms with van der Waals surface area (Å²) in [5, 5.41) is 2.77. The molecule has 1 aromatic rings. The van der Waals surface area contributed by atoms with E-state index in [4.69, 9.17) is 5.73 Å². The van der Waals surface area contributed by atoms with E-state index in [9.17, 15) is 0 Å². The van der Waals surface area contributed by atoms with Gasteiger partial charge < -0.3 is 5.73 Å². The van der Waals surface area contributed by atoms with Crippen molar-refractivity contribution in [1.29, 1.82) is 0 Å². The summed E-state index contributed by atoms with van der Waals surface area (Å²) in [5.41, 5.74) is 6.69. The number of nitrogens with two attached hydrogens (primary N) is 1. The van der Waals surface area contributed by atoms with Crippen LogP contribution in [0.3, 0.4) is 0 Å². The molecular formula is C8H12N2S. The molecule has 1 heterocycles. The van der Waals surface area contributed by atoms with Gasteiger partial charge in [-0.2, -0.15) is 0 Å². The van der Waals surface area contributed by atoms with Gasteiger partial charge in [0, 0.05) is 5.38 Å². The van der Waals surface area contributed by atoms with Gasteiger partial charge in [-0.1, -0.05) is 12.8 Å². The van der Waals surface area contributed by atoms with Crippen molar-refractivity contribution in [3.8, 4) is 0 Å². The summed E-state index contributed by atoms with van der Waals surface area (Å²) in [5.74, 6) is 0.998. The number of aromatic nitrogens is 1. The molecule has 1 saturated carbocycles. The summed E-state index contributed by atoms with van der Waals surface area (Å²) in [6.07, 6.45) is 5.29. The van der Waals surface area contributed by atoms with Crippen molar-refractivity contribution in [3.63, 3.8) is 0 Å². The maximum absolute atomic E-state index is 5.51. The minimum Gasteiger partial charge on any atom is -0.375 e. The van der Waals surface area contributed by atoms with Crippen LogP contribution < -0.4 is 5.73 Å². The largest absolute Gasteiger partial charge is 0.375 e. The molecule has 60 valence electrons. The van der Waals surface area contributed by atoms with E-state index in [1.165, 1.54) is 25.0 Å². The molecule has 0 spiro atoms. The number of nitrogen functional groups attached to an aromatic ring is 1. The second-order valence-corrected chi connectivity index (χ2v) is 4.05. The monoisotopic (exact) mass is 168 g/mol. The van der Waals surface area contributed by atoms with Gasteiger partial charge in [0.25, 0.3) is 0 Å². The van der Waals surface area contributed by atoms with Crippen molar-refractivity contribution in [2.75, 3.05) is 5.73 Å². The van der Waals surface area contributed by atoms with Crippen LogP contribution in [0.15, 0.2) is 5.38 Å². The molecule has 0 atom stereocenters. The summed E-state index contributed by atoms with van der Waals surface area (Å²) in [6.45, 7) is 0. The number of aryl methyl sites for hydroxylation is 1. The molecule has 1 aliphatic rings. The number of nitrogens with zero attached hydrogens (tertiary/aromatic N) is 1. The summed E-state index contributed by atoms with van der Waals surface area (Å²) >= 11 is 1.54. The fraction of sp³-hybridized carbons (Fsp3) is 0.625. The highest BCUT2D eigenvalue weighted by atomic mass is 32.1. The number of anilines is 1. The van der Waals surface area contributed by atoms with Crippen molar-refractivity contribution in [2.24, 2.45) is 5.92 Å². The van der Waals surface area contributed by atoms with Crippen molar-refractivity contribution in [3.05, 3.63) is 11.1 Å². The standard InChI is InChI=1S/C8H12N2S/c9-8-10-7(5-11-8)4-3-6-1-2-6/h5-6H,1-4H2,(H2,9,10). The summed E-state index contributed by atoms with van der Waals surface area (Å²) in [4.78, 5) is 4.21. The van der Waals surface area contributed by atoms with E-state index in [0.717, 1.165) is 12.3 Å². The fourth-order valence-electron chi connectivity index (χ4n) is 1.20. The van der Waals surface area contributed by atoms with E-state index < -0.39 is 0 Å². The van der Waals surface area contributed by atoms with E-state index in [1.54, 1.807) is 11.3 Å². The normalized spacial score (nSPS) is 17.1. The summed E-state index contributed by atoms with van der Waals surface area (Å²) < 4.78 is 0. The molecular weight excluding hydrogens is 156 g/mol. The van der Waals surface area contributed by atoms with Crippen LogP contribution in [0.1, 0.15) is 25.0 Å². The number of rotatable bonds is 3. The predicted molar refractivity (Wildman–Crippen MR) is 47.6 cm³/mol. The lowest BCUT2D eigenvalue weighted by Crippen LogP contribution is -1.88. The van der Waals surface area contributed by atoms with Gasteiger partial charge in [-0.15, -0.1) is 11.3 Å². The van der Waals surface area contributed by atoms with Gasteiger partial charge >= 0.3 is 0 Å². The second kappa shape index (κ2) is 2.81. The van der Waals surface area contributed by atoms with Gasteiger partial charge in [-0.3, -0.25) is 0 Å². The molecule has 0 unspecified atom stereocenters. The lowest BCUT2D eigenvalue weighted by Gasteiger charge is -1.91. The quantitative estimate of drug-likeness (QED) is 0.750. The highest BCUT2D eigenvalue weighted by Gasteiger charge is 2.20. The zero-order chi connectivity index (χ0) is 7.68. The molecule has 1 fully saturated rings. The Morgan fingerprint density at radius 3 is 3.00 bits per heavy atom. The van der Waals surface area contributed by atoms with Crippen LogP contribution in [0.4, 0.5) is 5.13 Å². The lowest BCUT2D eigenvalue weighted by atomic mass is 10.2. The van der Waals surface area contributed by atoms with E-state index >= 15 is 0 Å². The fourth-order valence-corrected chi connectivity index (χ4v) is 1.79. The minimum atomic E-state index is 0.704. The molecule has 0 aliphatic heterocycles. The number of thiazole rings is 1. The third-order valence-electron chi connectivity index (χ3n) is 2.08. The van der Waals surface area contributed by atoms with E-state index in [2.05, 4.69) is 10.4 Å². The molecule has 0 aromatic carbocycles. The first kappa shape index (κ1) is 7.10. The van der Waals surface area contributed by atoms with E-state index in [-0.39, 0.29) is 0 Å². The molecule has 3 heteroatoms. The molecule has 0 saturated heterocycles. The van der Waals surface area contributed by atoms with Crippen LogP contribution in [0.25, 0.3) is 0 Å². The topological polar surface area (TPSA) is 38.9 Å². The van der Waals surface area contributed by atoms with Crippen LogP contribution >= 0.6 is 11.3 Å². The molecule has 1 aliphatic carbocycles. The molecule has 0 amide bonds. The van der Waals surface area contributed by atoms with Gasteiger partial charge in [-0.05, 0) is 18.8 Å². The second-order valence-electron chi connectivity index (χ2n) is 3.16. The molecule has 0 radical (unpaired) electrons. The number of hydrogen-bond donors (Lipinski definition) is 1. The molecule has 0 bridgehead atoms. The Morgan fingerprint density at radius 2 is 2.45 bits per heavy atom. The Labute approximate surface area is 70.5 Å². The summed E-state index contributed by atoms with van der Waals surface area (Å²) in [7, 11) is 0. The first-order chi connectivity index (χ1) is 5.34. The predicted octanol–water partition coefficient (Wildman–Crippen LogP) is 2.07. The van der Waals surface area contributed by atoms with E-state index in [1.807, 2.05) is 0 Å². The third-order valence-corrected chi connectivity index (χ3v) is 2.80. The molecule has 1 aromatic heterocycles.